The van der Waals surface area contributed by atoms with Crippen molar-refractivity contribution in [1.82, 2.24) is 0 Å². The van der Waals surface area contributed by atoms with E-state index >= 15 is 0 Å². The predicted molar refractivity (Wildman–Crippen MR) is 106 cm³/mol. The molecule has 0 unspecified atom stereocenters. The molecule has 134 valence electrons. The Hall–Kier alpha value is -2.00. The molecular weight excluding hydrogens is 346 g/mol. The second kappa shape index (κ2) is 7.32. The molecule has 0 N–H and O–H groups in total. The van der Waals surface area contributed by atoms with Gasteiger partial charge in [0.15, 0.2) is 0 Å². The van der Waals surface area contributed by atoms with Crippen LogP contribution in [-0.4, -0.2) is 0 Å². The Labute approximate surface area is 157 Å². The molecular formula is C23H22F2S. The standard InChI is InChI=1S/C23H22F2S/c1-2-19-11-12-22(26-19)23-20(24)13-18(14-21(23)25)17-9-7-16(8-10-17)15-5-3-4-6-15/h7-15H,2-6H2,1H3. The largest absolute Gasteiger partial charge is 0.206 e. The van der Waals surface area contributed by atoms with Crippen molar-refractivity contribution in [1.29, 1.82) is 0 Å². The van der Waals surface area contributed by atoms with E-state index in [9.17, 15) is 8.78 Å². The van der Waals surface area contributed by atoms with Crippen molar-refractivity contribution in [3.05, 3.63) is 70.6 Å². The fraction of sp³-hybridized carbons (Fsp3) is 0.304. The zero-order valence-electron chi connectivity index (χ0n) is 14.9. The summed E-state index contributed by atoms with van der Waals surface area (Å²) in [5.41, 5.74) is 2.88. The average molecular weight is 368 g/mol. The highest BCUT2D eigenvalue weighted by Crippen LogP contribution is 2.37. The van der Waals surface area contributed by atoms with Crippen LogP contribution < -0.4 is 0 Å². The number of benzene rings is 2. The van der Waals surface area contributed by atoms with Crippen LogP contribution in [0.2, 0.25) is 0 Å². The van der Waals surface area contributed by atoms with Crippen LogP contribution in [0, 0.1) is 11.6 Å². The second-order valence-corrected chi connectivity index (χ2v) is 8.21. The average Bonchev–Trinajstić information content (AvgIpc) is 3.33. The maximum Gasteiger partial charge on any atom is 0.135 e. The van der Waals surface area contributed by atoms with E-state index in [1.165, 1.54) is 54.7 Å². The Morgan fingerprint density at radius 2 is 1.54 bits per heavy atom. The first kappa shape index (κ1) is 17.4. The zero-order chi connectivity index (χ0) is 18.1. The van der Waals surface area contributed by atoms with Crippen molar-refractivity contribution in [2.24, 2.45) is 0 Å². The smallest absolute Gasteiger partial charge is 0.135 e. The monoisotopic (exact) mass is 368 g/mol. The summed E-state index contributed by atoms with van der Waals surface area (Å²) in [6, 6.07) is 14.9. The maximum absolute atomic E-state index is 14.7. The summed E-state index contributed by atoms with van der Waals surface area (Å²) in [5.74, 6) is -0.347. The summed E-state index contributed by atoms with van der Waals surface area (Å²) in [6.45, 7) is 2.04. The summed E-state index contributed by atoms with van der Waals surface area (Å²) < 4.78 is 29.4. The second-order valence-electron chi connectivity index (χ2n) is 7.04. The number of aryl methyl sites for hydroxylation is 1. The molecule has 1 fully saturated rings. The molecule has 1 aliphatic rings. The van der Waals surface area contributed by atoms with E-state index in [2.05, 4.69) is 12.1 Å². The number of hydrogen-bond acceptors (Lipinski definition) is 1. The SMILES string of the molecule is CCc1ccc(-c2c(F)cc(-c3ccc(C4CCCC4)cc3)cc2F)s1. The van der Waals surface area contributed by atoms with E-state index in [-0.39, 0.29) is 5.56 Å². The molecule has 4 rings (SSSR count). The maximum atomic E-state index is 14.7. The third-order valence-corrected chi connectivity index (χ3v) is 6.62. The Kier molecular flexibility index (Phi) is 4.90. The highest BCUT2D eigenvalue weighted by molar-refractivity contribution is 7.15. The first-order valence-electron chi connectivity index (χ1n) is 9.34. The fourth-order valence-corrected chi connectivity index (χ4v) is 4.88. The van der Waals surface area contributed by atoms with Crippen molar-refractivity contribution in [2.45, 2.75) is 44.9 Å². The first-order valence-corrected chi connectivity index (χ1v) is 10.2. The van der Waals surface area contributed by atoms with Crippen LogP contribution in [0.5, 0.6) is 0 Å². The van der Waals surface area contributed by atoms with Crippen molar-refractivity contribution in [3.8, 4) is 21.6 Å². The van der Waals surface area contributed by atoms with Crippen molar-refractivity contribution < 1.29 is 8.78 Å². The number of rotatable bonds is 4. The van der Waals surface area contributed by atoms with Crippen molar-refractivity contribution in [3.63, 3.8) is 0 Å². The molecule has 3 aromatic rings. The summed E-state index contributed by atoms with van der Waals surface area (Å²) in [5, 5.41) is 0. The van der Waals surface area contributed by atoms with Gasteiger partial charge in [-0.05, 0) is 66.1 Å². The number of thiophene rings is 1. The van der Waals surface area contributed by atoms with Gasteiger partial charge in [0.2, 0.25) is 0 Å². The van der Waals surface area contributed by atoms with Crippen LogP contribution in [0.25, 0.3) is 21.6 Å². The summed E-state index contributed by atoms with van der Waals surface area (Å²) in [7, 11) is 0. The van der Waals surface area contributed by atoms with Gasteiger partial charge in [-0.2, -0.15) is 0 Å². The van der Waals surface area contributed by atoms with E-state index in [1.807, 2.05) is 25.1 Å². The van der Waals surface area contributed by atoms with E-state index in [0.717, 1.165) is 16.9 Å². The van der Waals surface area contributed by atoms with Crippen LogP contribution in [0.3, 0.4) is 0 Å². The molecule has 0 nitrogen and oxygen atoms in total. The summed E-state index contributed by atoms with van der Waals surface area (Å²) in [4.78, 5) is 1.78. The Morgan fingerprint density at radius 1 is 0.885 bits per heavy atom. The zero-order valence-corrected chi connectivity index (χ0v) is 15.7. The number of halogens is 2. The van der Waals surface area contributed by atoms with Gasteiger partial charge in [-0.3, -0.25) is 0 Å². The van der Waals surface area contributed by atoms with Gasteiger partial charge in [0.25, 0.3) is 0 Å². The number of hydrogen-bond donors (Lipinski definition) is 0. The van der Waals surface area contributed by atoms with Gasteiger partial charge in [0.1, 0.15) is 11.6 Å². The van der Waals surface area contributed by atoms with E-state index < -0.39 is 11.6 Å². The van der Waals surface area contributed by atoms with Gasteiger partial charge in [0.05, 0.1) is 5.56 Å². The Bertz CT molecular complexity index is 879. The lowest BCUT2D eigenvalue weighted by Gasteiger charge is -2.11. The fourth-order valence-electron chi connectivity index (χ4n) is 3.88. The lowest BCUT2D eigenvalue weighted by molar-refractivity contribution is 0.591. The molecule has 26 heavy (non-hydrogen) atoms. The van der Waals surface area contributed by atoms with Gasteiger partial charge in [-0.15, -0.1) is 11.3 Å². The van der Waals surface area contributed by atoms with Crippen molar-refractivity contribution in [2.75, 3.05) is 0 Å². The van der Waals surface area contributed by atoms with Gasteiger partial charge in [-0.1, -0.05) is 44.0 Å². The van der Waals surface area contributed by atoms with E-state index in [1.54, 1.807) is 6.07 Å². The molecule has 0 spiro atoms. The molecule has 0 bridgehead atoms. The lowest BCUT2D eigenvalue weighted by Crippen LogP contribution is -1.93. The Morgan fingerprint density at radius 3 is 2.12 bits per heavy atom. The van der Waals surface area contributed by atoms with E-state index in [4.69, 9.17) is 0 Å². The van der Waals surface area contributed by atoms with Gasteiger partial charge < -0.3 is 0 Å². The van der Waals surface area contributed by atoms with E-state index in [0.29, 0.717) is 16.4 Å². The molecule has 0 saturated heterocycles. The van der Waals surface area contributed by atoms with Gasteiger partial charge >= 0.3 is 0 Å². The molecule has 3 heteroatoms. The molecule has 1 aromatic heterocycles. The quantitative estimate of drug-likeness (QED) is 0.445. The van der Waals surface area contributed by atoms with Crippen LogP contribution in [0.4, 0.5) is 8.78 Å². The molecule has 1 aliphatic carbocycles. The van der Waals surface area contributed by atoms with Crippen molar-refractivity contribution >= 4 is 11.3 Å². The highest BCUT2D eigenvalue weighted by Gasteiger charge is 2.18. The third-order valence-electron chi connectivity index (χ3n) is 5.37. The lowest BCUT2D eigenvalue weighted by atomic mass is 9.94. The van der Waals surface area contributed by atoms with Gasteiger partial charge in [-0.25, -0.2) is 8.78 Å². The van der Waals surface area contributed by atoms with Gasteiger partial charge in [0, 0.05) is 9.75 Å². The summed E-state index contributed by atoms with van der Waals surface area (Å²) >= 11 is 1.45. The minimum absolute atomic E-state index is 0.0843. The minimum Gasteiger partial charge on any atom is -0.206 e. The molecule has 0 radical (unpaired) electrons. The predicted octanol–water partition coefficient (Wildman–Crippen LogP) is 7.58. The molecule has 0 amide bonds. The minimum atomic E-state index is -0.496. The molecule has 1 heterocycles. The van der Waals surface area contributed by atoms with Crippen LogP contribution in [-0.2, 0) is 6.42 Å². The molecule has 0 aliphatic heterocycles. The van der Waals surface area contributed by atoms with Crippen LogP contribution in [0.1, 0.15) is 49.0 Å². The third kappa shape index (κ3) is 3.33. The van der Waals surface area contributed by atoms with Crippen LogP contribution in [0.15, 0.2) is 48.5 Å². The van der Waals surface area contributed by atoms with Crippen LogP contribution >= 0.6 is 11.3 Å². The molecule has 0 atom stereocenters. The topological polar surface area (TPSA) is 0 Å². The highest BCUT2D eigenvalue weighted by atomic mass is 32.1. The molecule has 2 aromatic carbocycles. The normalized spacial score (nSPS) is 14.9. The Balaban J connectivity index is 1.65. The summed E-state index contributed by atoms with van der Waals surface area (Å²) in [6.07, 6.45) is 5.97. The first-order chi connectivity index (χ1) is 12.7. The molecule has 1 saturated carbocycles.